The highest BCUT2D eigenvalue weighted by molar-refractivity contribution is 6.28. The second-order valence-electron chi connectivity index (χ2n) is 3.72. The predicted octanol–water partition coefficient (Wildman–Crippen LogP) is 3.26. The number of aromatic nitrogens is 3. The summed E-state index contributed by atoms with van der Waals surface area (Å²) in [6, 6.07) is 3.01. The highest BCUT2D eigenvalue weighted by Gasteiger charge is 2.10. The molecule has 0 amide bonds. The third kappa shape index (κ3) is 3.57. The van der Waals surface area contributed by atoms with Gasteiger partial charge in [0.1, 0.15) is 11.6 Å². The van der Waals surface area contributed by atoms with Crippen LogP contribution in [0.2, 0.25) is 5.28 Å². The normalized spacial score (nSPS) is 10.5. The second-order valence-corrected chi connectivity index (χ2v) is 4.06. The lowest BCUT2D eigenvalue weighted by Crippen LogP contribution is -2.03. The van der Waals surface area contributed by atoms with Crippen molar-refractivity contribution < 1.29 is 13.5 Å². The summed E-state index contributed by atoms with van der Waals surface area (Å²) in [5.74, 6) is -1.38. The molecule has 0 fully saturated rings. The van der Waals surface area contributed by atoms with Crippen molar-refractivity contribution in [2.24, 2.45) is 0 Å². The van der Waals surface area contributed by atoms with Crippen LogP contribution >= 0.6 is 11.6 Å². The number of benzene rings is 1. The van der Waals surface area contributed by atoms with Gasteiger partial charge in [-0.3, -0.25) is 0 Å². The van der Waals surface area contributed by atoms with Crippen molar-refractivity contribution in [3.63, 3.8) is 0 Å². The Balaban J connectivity index is 2.40. The fourth-order valence-electron chi connectivity index (χ4n) is 1.40. The van der Waals surface area contributed by atoms with Crippen molar-refractivity contribution in [1.29, 1.82) is 0 Å². The maximum absolute atomic E-state index is 13.1. The van der Waals surface area contributed by atoms with Crippen LogP contribution in [0.3, 0.4) is 0 Å². The summed E-state index contributed by atoms with van der Waals surface area (Å²) < 4.78 is 31.5. The van der Waals surface area contributed by atoms with Crippen molar-refractivity contribution in [3.05, 3.63) is 35.1 Å². The van der Waals surface area contributed by atoms with Crippen molar-refractivity contribution >= 4 is 11.6 Å². The molecule has 1 aromatic heterocycles. The topological polar surface area (TPSA) is 47.9 Å². The summed E-state index contributed by atoms with van der Waals surface area (Å²) in [5.41, 5.74) is 0.170. The second kappa shape index (κ2) is 5.88. The molecular formula is C12H10ClF2N3O. The quantitative estimate of drug-likeness (QED) is 0.865. The Morgan fingerprint density at radius 3 is 2.42 bits per heavy atom. The van der Waals surface area contributed by atoms with Crippen LogP contribution < -0.4 is 4.74 Å². The van der Waals surface area contributed by atoms with Crippen LogP contribution in [0.15, 0.2) is 18.2 Å². The van der Waals surface area contributed by atoms with Gasteiger partial charge in [0.05, 0.1) is 6.61 Å². The van der Waals surface area contributed by atoms with E-state index in [2.05, 4.69) is 15.0 Å². The maximum atomic E-state index is 13.1. The minimum absolute atomic E-state index is 0.0292. The first-order valence-electron chi connectivity index (χ1n) is 5.59. The zero-order valence-corrected chi connectivity index (χ0v) is 10.8. The molecule has 4 nitrogen and oxygen atoms in total. The van der Waals surface area contributed by atoms with Gasteiger partial charge < -0.3 is 4.74 Å². The van der Waals surface area contributed by atoms with E-state index in [-0.39, 0.29) is 22.7 Å². The van der Waals surface area contributed by atoms with Crippen LogP contribution in [0.4, 0.5) is 8.78 Å². The third-order valence-corrected chi connectivity index (χ3v) is 2.31. The Hall–Kier alpha value is -1.82. The molecule has 1 heterocycles. The molecule has 0 N–H and O–H groups in total. The smallest absolute Gasteiger partial charge is 0.321 e. The summed E-state index contributed by atoms with van der Waals surface area (Å²) >= 11 is 5.73. The molecule has 0 saturated heterocycles. The van der Waals surface area contributed by atoms with E-state index in [1.807, 2.05) is 6.92 Å². The van der Waals surface area contributed by atoms with E-state index in [9.17, 15) is 8.78 Å². The van der Waals surface area contributed by atoms with E-state index in [1.165, 1.54) is 0 Å². The number of nitrogens with zero attached hydrogens (tertiary/aromatic N) is 3. The van der Waals surface area contributed by atoms with Crippen LogP contribution in [0.25, 0.3) is 11.4 Å². The predicted molar refractivity (Wildman–Crippen MR) is 66.0 cm³/mol. The van der Waals surface area contributed by atoms with Gasteiger partial charge in [0, 0.05) is 11.6 Å². The van der Waals surface area contributed by atoms with Crippen LogP contribution in [-0.4, -0.2) is 21.6 Å². The number of hydrogen-bond donors (Lipinski definition) is 0. The highest BCUT2D eigenvalue weighted by Crippen LogP contribution is 2.21. The van der Waals surface area contributed by atoms with Gasteiger partial charge in [0.15, 0.2) is 5.82 Å². The van der Waals surface area contributed by atoms with E-state index >= 15 is 0 Å². The minimum atomic E-state index is -0.720. The molecule has 0 saturated carbocycles. The number of hydrogen-bond acceptors (Lipinski definition) is 4. The van der Waals surface area contributed by atoms with Gasteiger partial charge in [-0.1, -0.05) is 6.92 Å². The van der Waals surface area contributed by atoms with E-state index < -0.39 is 11.6 Å². The molecule has 100 valence electrons. The Morgan fingerprint density at radius 1 is 1.11 bits per heavy atom. The Morgan fingerprint density at radius 2 is 1.79 bits per heavy atom. The lowest BCUT2D eigenvalue weighted by Gasteiger charge is -2.05. The number of ether oxygens (including phenoxy) is 1. The summed E-state index contributed by atoms with van der Waals surface area (Å²) in [4.78, 5) is 11.6. The molecule has 2 aromatic rings. The van der Waals surface area contributed by atoms with Crippen molar-refractivity contribution in [2.45, 2.75) is 13.3 Å². The summed E-state index contributed by atoms with van der Waals surface area (Å²) in [5, 5.41) is -0.0965. The van der Waals surface area contributed by atoms with E-state index in [1.54, 1.807) is 0 Å². The van der Waals surface area contributed by atoms with E-state index in [0.29, 0.717) is 6.61 Å². The van der Waals surface area contributed by atoms with Crippen LogP contribution in [0.5, 0.6) is 6.01 Å². The largest absolute Gasteiger partial charge is 0.463 e. The lowest BCUT2D eigenvalue weighted by molar-refractivity contribution is 0.291. The SMILES string of the molecule is CCCOc1nc(Cl)nc(-c2cc(F)cc(F)c2)n1. The minimum Gasteiger partial charge on any atom is -0.463 e. The molecule has 1 aromatic carbocycles. The Bertz CT molecular complexity index is 575. The summed E-state index contributed by atoms with van der Waals surface area (Å²) in [6.07, 6.45) is 0.771. The van der Waals surface area contributed by atoms with Gasteiger partial charge in [-0.15, -0.1) is 0 Å². The van der Waals surface area contributed by atoms with Crippen LogP contribution in [-0.2, 0) is 0 Å². The molecule has 0 spiro atoms. The number of halogens is 3. The fraction of sp³-hybridized carbons (Fsp3) is 0.250. The van der Waals surface area contributed by atoms with Gasteiger partial charge in [0.25, 0.3) is 0 Å². The van der Waals surface area contributed by atoms with E-state index in [4.69, 9.17) is 16.3 Å². The fourth-order valence-corrected chi connectivity index (χ4v) is 1.55. The molecule has 2 rings (SSSR count). The van der Waals surface area contributed by atoms with Crippen molar-refractivity contribution in [1.82, 2.24) is 15.0 Å². The first kappa shape index (κ1) is 13.6. The average Bonchev–Trinajstić information content (AvgIpc) is 2.34. The van der Waals surface area contributed by atoms with Crippen LogP contribution in [0.1, 0.15) is 13.3 Å². The molecule has 0 atom stereocenters. The molecule has 0 radical (unpaired) electrons. The van der Waals surface area contributed by atoms with Gasteiger partial charge in [-0.05, 0) is 30.2 Å². The van der Waals surface area contributed by atoms with Crippen molar-refractivity contribution in [2.75, 3.05) is 6.61 Å². The zero-order valence-electron chi connectivity index (χ0n) is 10.0. The Labute approximate surface area is 113 Å². The molecule has 0 unspecified atom stereocenters. The molecule has 0 aliphatic heterocycles. The summed E-state index contributed by atoms with van der Waals surface area (Å²) in [6.45, 7) is 2.34. The van der Waals surface area contributed by atoms with Crippen LogP contribution in [0, 0.1) is 11.6 Å². The molecule has 19 heavy (non-hydrogen) atoms. The molecule has 0 bridgehead atoms. The maximum Gasteiger partial charge on any atom is 0.321 e. The van der Waals surface area contributed by atoms with Gasteiger partial charge >= 0.3 is 6.01 Å². The standard InChI is InChI=1S/C12H10ClF2N3O/c1-2-3-19-12-17-10(16-11(13)18-12)7-4-8(14)6-9(15)5-7/h4-6H,2-3H2,1H3. The molecular weight excluding hydrogens is 276 g/mol. The highest BCUT2D eigenvalue weighted by atomic mass is 35.5. The number of rotatable bonds is 4. The first-order chi connectivity index (χ1) is 9.08. The first-order valence-corrected chi connectivity index (χ1v) is 5.97. The van der Waals surface area contributed by atoms with Gasteiger partial charge in [-0.25, -0.2) is 8.78 Å². The third-order valence-electron chi connectivity index (χ3n) is 2.14. The average molecular weight is 286 g/mol. The molecule has 0 aliphatic carbocycles. The monoisotopic (exact) mass is 285 g/mol. The van der Waals surface area contributed by atoms with E-state index in [0.717, 1.165) is 24.6 Å². The van der Waals surface area contributed by atoms with Gasteiger partial charge in [0.2, 0.25) is 5.28 Å². The molecule has 7 heteroatoms. The van der Waals surface area contributed by atoms with Crippen molar-refractivity contribution in [3.8, 4) is 17.4 Å². The van der Waals surface area contributed by atoms with Gasteiger partial charge in [-0.2, -0.15) is 15.0 Å². The lowest BCUT2D eigenvalue weighted by atomic mass is 10.2. The molecule has 0 aliphatic rings. The Kier molecular flexibility index (Phi) is 4.21. The zero-order chi connectivity index (χ0) is 13.8. The summed E-state index contributed by atoms with van der Waals surface area (Å²) in [7, 11) is 0.